The highest BCUT2D eigenvalue weighted by Gasteiger charge is 2.15. The number of nitrogens with zero attached hydrogens (tertiary/aromatic N) is 1. The third-order valence-corrected chi connectivity index (χ3v) is 4.11. The molecule has 0 aliphatic heterocycles. The summed E-state index contributed by atoms with van der Waals surface area (Å²) in [5.74, 6) is 0.389. The summed E-state index contributed by atoms with van der Waals surface area (Å²) in [4.78, 5) is 0. The van der Waals surface area contributed by atoms with Crippen LogP contribution in [0, 0.1) is 11.3 Å². The molecule has 0 aliphatic carbocycles. The smallest absolute Gasteiger partial charge is 0.154 e. The van der Waals surface area contributed by atoms with Crippen molar-refractivity contribution in [3.63, 3.8) is 0 Å². The van der Waals surface area contributed by atoms with Crippen molar-refractivity contribution in [3.05, 3.63) is 29.3 Å². The predicted octanol–water partition coefficient (Wildman–Crippen LogP) is 0.830. The Morgan fingerprint density at radius 2 is 2.17 bits per heavy atom. The van der Waals surface area contributed by atoms with Crippen molar-refractivity contribution in [2.24, 2.45) is 5.73 Å². The van der Waals surface area contributed by atoms with E-state index in [1.54, 1.807) is 18.2 Å². The summed E-state index contributed by atoms with van der Waals surface area (Å²) in [6.45, 7) is 0.342. The molecule has 0 heterocycles. The quantitative estimate of drug-likeness (QED) is 0.824. The van der Waals surface area contributed by atoms with Crippen LogP contribution in [-0.4, -0.2) is 27.8 Å². The number of sulfone groups is 1. The van der Waals surface area contributed by atoms with Crippen molar-refractivity contribution in [1.29, 1.82) is 5.26 Å². The molecule has 1 aromatic carbocycles. The van der Waals surface area contributed by atoms with E-state index in [4.69, 9.17) is 15.7 Å². The summed E-state index contributed by atoms with van der Waals surface area (Å²) in [7, 11) is -1.75. The second-order valence-electron chi connectivity index (χ2n) is 3.87. The molecule has 0 bridgehead atoms. The van der Waals surface area contributed by atoms with Crippen LogP contribution in [0.5, 0.6) is 5.75 Å². The molecule has 2 N–H and O–H groups in total. The maximum absolute atomic E-state index is 11.8. The molecule has 0 atom stereocenters. The molecule has 5 nitrogen and oxygen atoms in total. The molecule has 1 aromatic rings. The number of rotatable bonds is 6. The van der Waals surface area contributed by atoms with Gasteiger partial charge in [-0.05, 0) is 31.2 Å². The molecule has 1 rings (SSSR count). The molecular formula is C12H16N2O3S. The largest absolute Gasteiger partial charge is 0.496 e. The van der Waals surface area contributed by atoms with Gasteiger partial charge in [0.15, 0.2) is 9.84 Å². The van der Waals surface area contributed by atoms with Crippen molar-refractivity contribution in [1.82, 2.24) is 0 Å². The van der Waals surface area contributed by atoms with Crippen LogP contribution in [0.1, 0.15) is 17.5 Å². The lowest BCUT2D eigenvalue weighted by atomic mass is 10.1. The van der Waals surface area contributed by atoms with Crippen molar-refractivity contribution in [2.45, 2.75) is 12.2 Å². The number of hydrogen-bond donors (Lipinski definition) is 1. The third kappa shape index (κ3) is 4.02. The van der Waals surface area contributed by atoms with Gasteiger partial charge < -0.3 is 10.5 Å². The van der Waals surface area contributed by atoms with Crippen LogP contribution in [0.15, 0.2) is 18.2 Å². The van der Waals surface area contributed by atoms with Crippen LogP contribution in [0.25, 0.3) is 0 Å². The van der Waals surface area contributed by atoms with Crippen LogP contribution in [0.4, 0.5) is 0 Å². The van der Waals surface area contributed by atoms with Crippen LogP contribution >= 0.6 is 0 Å². The summed E-state index contributed by atoms with van der Waals surface area (Å²) in [6.07, 6.45) is 0.433. The molecule has 18 heavy (non-hydrogen) atoms. The molecule has 0 spiro atoms. The zero-order valence-corrected chi connectivity index (χ0v) is 11.0. The number of ether oxygens (including phenoxy) is 1. The molecule has 0 saturated carbocycles. The molecule has 0 amide bonds. The zero-order valence-electron chi connectivity index (χ0n) is 10.2. The predicted molar refractivity (Wildman–Crippen MR) is 68.9 cm³/mol. The van der Waals surface area contributed by atoms with Gasteiger partial charge >= 0.3 is 0 Å². The van der Waals surface area contributed by atoms with E-state index in [0.717, 1.165) is 0 Å². The van der Waals surface area contributed by atoms with Crippen LogP contribution in [0.2, 0.25) is 0 Å². The Bertz CT molecular complexity index is 547. The molecule has 98 valence electrons. The molecule has 6 heteroatoms. The lowest BCUT2D eigenvalue weighted by molar-refractivity contribution is 0.411. The molecule has 0 unspecified atom stereocenters. The number of nitrogens with two attached hydrogens (primary N) is 1. The van der Waals surface area contributed by atoms with E-state index in [2.05, 4.69) is 0 Å². The Morgan fingerprint density at radius 1 is 1.44 bits per heavy atom. The van der Waals surface area contributed by atoms with Gasteiger partial charge in [0.05, 0.1) is 30.2 Å². The van der Waals surface area contributed by atoms with Gasteiger partial charge in [0.2, 0.25) is 0 Å². The Morgan fingerprint density at radius 3 is 2.72 bits per heavy atom. The first-order valence-electron chi connectivity index (χ1n) is 5.50. The third-order valence-electron chi connectivity index (χ3n) is 2.44. The monoisotopic (exact) mass is 268 g/mol. The maximum Gasteiger partial charge on any atom is 0.154 e. The van der Waals surface area contributed by atoms with Gasteiger partial charge in [0, 0.05) is 5.56 Å². The summed E-state index contributed by atoms with van der Waals surface area (Å²) in [5.41, 5.74) is 6.22. The van der Waals surface area contributed by atoms with Crippen molar-refractivity contribution in [2.75, 3.05) is 19.4 Å². The summed E-state index contributed by atoms with van der Waals surface area (Å²) in [6, 6.07) is 6.71. The van der Waals surface area contributed by atoms with E-state index in [0.29, 0.717) is 29.8 Å². The van der Waals surface area contributed by atoms with Gasteiger partial charge in [-0.1, -0.05) is 0 Å². The van der Waals surface area contributed by atoms with E-state index >= 15 is 0 Å². The first-order valence-corrected chi connectivity index (χ1v) is 7.32. The minimum absolute atomic E-state index is 0.0451. The standard InChI is InChI=1S/C12H16N2O3S/c1-17-12-4-3-10(8-14)7-11(12)9-18(15,16)6-2-5-13/h3-4,7H,2,5-6,9,13H2,1H3. The fraction of sp³-hybridized carbons (Fsp3) is 0.417. The summed E-state index contributed by atoms with van der Waals surface area (Å²) in [5, 5.41) is 8.81. The lowest BCUT2D eigenvalue weighted by Crippen LogP contribution is -2.13. The number of benzene rings is 1. The average molecular weight is 268 g/mol. The highest BCUT2D eigenvalue weighted by Crippen LogP contribution is 2.22. The van der Waals surface area contributed by atoms with E-state index in [9.17, 15) is 8.42 Å². The van der Waals surface area contributed by atoms with Crippen LogP contribution in [0.3, 0.4) is 0 Å². The maximum atomic E-state index is 11.8. The van der Waals surface area contributed by atoms with Crippen LogP contribution < -0.4 is 10.5 Å². The number of nitriles is 1. The highest BCUT2D eigenvalue weighted by molar-refractivity contribution is 7.90. The van der Waals surface area contributed by atoms with E-state index < -0.39 is 9.84 Å². The van der Waals surface area contributed by atoms with Gasteiger partial charge in [0.1, 0.15) is 5.75 Å². The Balaban J connectivity index is 2.99. The van der Waals surface area contributed by atoms with Gasteiger partial charge in [-0.25, -0.2) is 8.42 Å². The lowest BCUT2D eigenvalue weighted by Gasteiger charge is -2.09. The Hall–Kier alpha value is -1.58. The van der Waals surface area contributed by atoms with Crippen molar-refractivity contribution in [3.8, 4) is 11.8 Å². The topological polar surface area (TPSA) is 93.2 Å². The first kappa shape index (κ1) is 14.5. The zero-order chi connectivity index (χ0) is 13.6. The highest BCUT2D eigenvalue weighted by atomic mass is 32.2. The fourth-order valence-corrected chi connectivity index (χ4v) is 3.02. The molecular weight excluding hydrogens is 252 g/mol. The average Bonchev–Trinajstić information content (AvgIpc) is 2.36. The minimum Gasteiger partial charge on any atom is -0.496 e. The van der Waals surface area contributed by atoms with E-state index in [1.165, 1.54) is 7.11 Å². The van der Waals surface area contributed by atoms with Crippen molar-refractivity contribution >= 4 is 9.84 Å². The van der Waals surface area contributed by atoms with Crippen LogP contribution in [-0.2, 0) is 15.6 Å². The number of hydrogen-bond acceptors (Lipinski definition) is 5. The van der Waals surface area contributed by atoms with Gasteiger partial charge in [-0.15, -0.1) is 0 Å². The molecule has 0 fully saturated rings. The Kier molecular flexibility index (Phi) is 5.13. The fourth-order valence-electron chi connectivity index (χ4n) is 1.57. The van der Waals surface area contributed by atoms with E-state index in [-0.39, 0.29) is 11.5 Å². The molecule has 0 radical (unpaired) electrons. The second kappa shape index (κ2) is 6.38. The van der Waals surface area contributed by atoms with Crippen molar-refractivity contribution < 1.29 is 13.2 Å². The molecule has 0 aromatic heterocycles. The second-order valence-corrected chi connectivity index (χ2v) is 6.06. The normalized spacial score (nSPS) is 10.9. The van der Waals surface area contributed by atoms with Gasteiger partial charge in [0.25, 0.3) is 0 Å². The molecule has 0 aliphatic rings. The first-order chi connectivity index (χ1) is 8.52. The van der Waals surface area contributed by atoms with Gasteiger partial charge in [-0.2, -0.15) is 5.26 Å². The molecule has 0 saturated heterocycles. The van der Waals surface area contributed by atoms with Gasteiger partial charge in [-0.3, -0.25) is 0 Å². The SMILES string of the molecule is COc1ccc(C#N)cc1CS(=O)(=O)CCCN. The number of methoxy groups -OCH3 is 1. The summed E-state index contributed by atoms with van der Waals surface area (Å²) >= 11 is 0. The summed E-state index contributed by atoms with van der Waals surface area (Å²) < 4.78 is 28.8. The van der Waals surface area contributed by atoms with E-state index in [1.807, 2.05) is 6.07 Å². The minimum atomic E-state index is -3.22. The Labute approximate surface area is 107 Å².